The summed E-state index contributed by atoms with van der Waals surface area (Å²) in [6, 6.07) is 4.96. The molecule has 1 aliphatic heterocycles. The van der Waals surface area contributed by atoms with Crippen LogP contribution in [0.15, 0.2) is 17.5 Å². The minimum atomic E-state index is 0.501. The number of rotatable bonds is 6. The molecule has 2 nitrogen and oxygen atoms in total. The number of hydrogen-bond donors (Lipinski definition) is 1. The molecule has 1 aliphatic rings. The first-order valence-corrected chi connectivity index (χ1v) is 7.07. The van der Waals surface area contributed by atoms with E-state index in [2.05, 4.69) is 29.9 Å². The van der Waals surface area contributed by atoms with Gasteiger partial charge >= 0.3 is 0 Å². The van der Waals surface area contributed by atoms with E-state index in [9.17, 15) is 0 Å². The summed E-state index contributed by atoms with van der Waals surface area (Å²) in [5.41, 5.74) is 0. The fourth-order valence-corrected chi connectivity index (χ4v) is 3.02. The zero-order valence-corrected chi connectivity index (χ0v) is 10.8. The molecule has 0 radical (unpaired) electrons. The van der Waals surface area contributed by atoms with Gasteiger partial charge in [0.15, 0.2) is 0 Å². The lowest BCUT2D eigenvalue weighted by molar-refractivity contribution is 0.0945. The van der Waals surface area contributed by atoms with Crippen molar-refractivity contribution in [3.63, 3.8) is 0 Å². The molecule has 2 unspecified atom stereocenters. The maximum atomic E-state index is 5.68. The van der Waals surface area contributed by atoms with Crippen molar-refractivity contribution >= 4 is 11.3 Å². The molecule has 0 amide bonds. The third-order valence-electron chi connectivity index (χ3n) is 3.30. The zero-order chi connectivity index (χ0) is 11.2. The minimum absolute atomic E-state index is 0.501. The maximum Gasteiger partial charge on any atom is 0.0590 e. The molecule has 3 heteroatoms. The van der Waals surface area contributed by atoms with Gasteiger partial charge in [0.25, 0.3) is 0 Å². The van der Waals surface area contributed by atoms with Crippen molar-refractivity contribution in [2.24, 2.45) is 0 Å². The zero-order valence-electron chi connectivity index (χ0n) is 9.95. The Morgan fingerprint density at radius 1 is 1.62 bits per heavy atom. The van der Waals surface area contributed by atoms with E-state index in [1.165, 1.54) is 37.0 Å². The van der Waals surface area contributed by atoms with Gasteiger partial charge in [-0.15, -0.1) is 11.3 Å². The van der Waals surface area contributed by atoms with E-state index in [0.717, 1.165) is 6.61 Å². The molecule has 0 aromatic carbocycles. The van der Waals surface area contributed by atoms with E-state index in [-0.39, 0.29) is 0 Å². The van der Waals surface area contributed by atoms with Crippen LogP contribution in [0.5, 0.6) is 0 Å². The molecule has 0 spiro atoms. The Hall–Kier alpha value is -0.380. The highest BCUT2D eigenvalue weighted by atomic mass is 32.1. The van der Waals surface area contributed by atoms with Crippen LogP contribution in [0.2, 0.25) is 0 Å². The monoisotopic (exact) mass is 239 g/mol. The van der Waals surface area contributed by atoms with E-state index in [1.54, 1.807) is 0 Å². The lowest BCUT2D eigenvalue weighted by atomic mass is 10.0. The van der Waals surface area contributed by atoms with Crippen molar-refractivity contribution in [2.75, 3.05) is 13.7 Å². The van der Waals surface area contributed by atoms with Gasteiger partial charge < -0.3 is 10.1 Å². The minimum Gasteiger partial charge on any atom is -0.378 e. The number of nitrogens with one attached hydrogen (secondary N) is 1. The third kappa shape index (κ3) is 3.58. The molecule has 16 heavy (non-hydrogen) atoms. The lowest BCUT2D eigenvalue weighted by Crippen LogP contribution is -2.30. The van der Waals surface area contributed by atoms with Crippen LogP contribution in [-0.4, -0.2) is 25.8 Å². The van der Waals surface area contributed by atoms with Crippen molar-refractivity contribution in [1.82, 2.24) is 5.32 Å². The Morgan fingerprint density at radius 3 is 3.19 bits per heavy atom. The van der Waals surface area contributed by atoms with Crippen LogP contribution in [0.1, 0.15) is 30.6 Å². The summed E-state index contributed by atoms with van der Waals surface area (Å²) in [6.45, 7) is 0.964. The highest BCUT2D eigenvalue weighted by Crippen LogP contribution is 2.19. The molecule has 1 saturated heterocycles. The summed E-state index contributed by atoms with van der Waals surface area (Å²) >= 11 is 1.86. The van der Waals surface area contributed by atoms with Gasteiger partial charge in [-0.05, 0) is 50.6 Å². The van der Waals surface area contributed by atoms with Crippen molar-refractivity contribution in [3.8, 4) is 0 Å². The van der Waals surface area contributed by atoms with Gasteiger partial charge in [0.05, 0.1) is 6.10 Å². The second-order valence-electron chi connectivity index (χ2n) is 4.47. The Bertz CT molecular complexity index is 280. The average molecular weight is 239 g/mol. The third-order valence-corrected chi connectivity index (χ3v) is 4.24. The Kier molecular flexibility index (Phi) is 4.82. The first-order valence-electron chi connectivity index (χ1n) is 6.19. The van der Waals surface area contributed by atoms with Crippen molar-refractivity contribution in [3.05, 3.63) is 22.4 Å². The molecule has 2 rings (SSSR count). The normalized spacial score (nSPS) is 22.4. The van der Waals surface area contributed by atoms with Gasteiger partial charge in [0.2, 0.25) is 0 Å². The van der Waals surface area contributed by atoms with Crippen molar-refractivity contribution in [2.45, 2.75) is 44.2 Å². The molecule has 0 bridgehead atoms. The SMILES string of the molecule is CNC(CCc1cccs1)CC1CCCO1. The molecule has 1 fully saturated rings. The summed E-state index contributed by atoms with van der Waals surface area (Å²) in [7, 11) is 2.06. The maximum absolute atomic E-state index is 5.68. The Morgan fingerprint density at radius 2 is 2.56 bits per heavy atom. The van der Waals surface area contributed by atoms with E-state index < -0.39 is 0 Å². The lowest BCUT2D eigenvalue weighted by Gasteiger charge is -2.19. The van der Waals surface area contributed by atoms with Gasteiger partial charge in [0, 0.05) is 17.5 Å². The predicted molar refractivity (Wildman–Crippen MR) is 69.1 cm³/mol. The highest BCUT2D eigenvalue weighted by Gasteiger charge is 2.19. The number of aryl methyl sites for hydroxylation is 1. The molecular formula is C13H21NOS. The van der Waals surface area contributed by atoms with Crippen LogP contribution < -0.4 is 5.32 Å². The quantitative estimate of drug-likeness (QED) is 0.824. The molecule has 2 atom stereocenters. The second-order valence-corrected chi connectivity index (χ2v) is 5.51. The molecule has 90 valence electrons. The summed E-state index contributed by atoms with van der Waals surface area (Å²) < 4.78 is 5.68. The van der Waals surface area contributed by atoms with Gasteiger partial charge in [-0.25, -0.2) is 0 Å². The highest BCUT2D eigenvalue weighted by molar-refractivity contribution is 7.09. The Labute approximate surface area is 102 Å². The van der Waals surface area contributed by atoms with Gasteiger partial charge in [-0.3, -0.25) is 0 Å². The first-order chi connectivity index (χ1) is 7.88. The smallest absolute Gasteiger partial charge is 0.0590 e. The fourth-order valence-electron chi connectivity index (χ4n) is 2.30. The van der Waals surface area contributed by atoms with Crippen molar-refractivity contribution < 1.29 is 4.74 Å². The number of hydrogen-bond acceptors (Lipinski definition) is 3. The van der Waals surface area contributed by atoms with Crippen LogP contribution in [0, 0.1) is 0 Å². The Balaban J connectivity index is 1.72. The largest absolute Gasteiger partial charge is 0.378 e. The first kappa shape index (κ1) is 12.1. The van der Waals surface area contributed by atoms with Gasteiger partial charge in [0.1, 0.15) is 0 Å². The summed E-state index contributed by atoms with van der Waals surface area (Å²) in [4.78, 5) is 1.49. The van der Waals surface area contributed by atoms with Crippen molar-refractivity contribution in [1.29, 1.82) is 0 Å². The fraction of sp³-hybridized carbons (Fsp3) is 0.692. The summed E-state index contributed by atoms with van der Waals surface area (Å²) in [5, 5.41) is 5.57. The molecule has 0 saturated carbocycles. The summed E-state index contributed by atoms with van der Waals surface area (Å²) in [6.07, 6.45) is 6.57. The van der Waals surface area contributed by atoms with E-state index in [4.69, 9.17) is 4.74 Å². The molecule has 2 heterocycles. The van der Waals surface area contributed by atoms with Crippen LogP contribution in [-0.2, 0) is 11.2 Å². The van der Waals surface area contributed by atoms with E-state index >= 15 is 0 Å². The second kappa shape index (κ2) is 6.38. The van der Waals surface area contributed by atoms with Crippen LogP contribution in [0.3, 0.4) is 0 Å². The molecule has 1 aromatic heterocycles. The van der Waals surface area contributed by atoms with Gasteiger partial charge in [-0.2, -0.15) is 0 Å². The topological polar surface area (TPSA) is 21.3 Å². The molecule has 0 aliphatic carbocycles. The summed E-state index contributed by atoms with van der Waals surface area (Å²) in [5.74, 6) is 0. The molecular weight excluding hydrogens is 218 g/mol. The van der Waals surface area contributed by atoms with Gasteiger partial charge in [-0.1, -0.05) is 6.07 Å². The number of thiophene rings is 1. The van der Waals surface area contributed by atoms with E-state index in [1.807, 2.05) is 11.3 Å². The van der Waals surface area contributed by atoms with Crippen LogP contribution in [0.4, 0.5) is 0 Å². The number of ether oxygens (including phenoxy) is 1. The van der Waals surface area contributed by atoms with E-state index in [0.29, 0.717) is 12.1 Å². The average Bonchev–Trinajstić information content (AvgIpc) is 2.97. The molecule has 1 N–H and O–H groups in total. The van der Waals surface area contributed by atoms with Crippen LogP contribution in [0.25, 0.3) is 0 Å². The molecule has 1 aromatic rings. The van der Waals surface area contributed by atoms with Crippen LogP contribution >= 0.6 is 11.3 Å². The predicted octanol–water partition coefficient (Wildman–Crippen LogP) is 2.84. The standard InChI is InChI=1S/C13H21NOS/c1-14-11(10-12-4-2-8-15-12)6-7-13-5-3-9-16-13/h3,5,9,11-12,14H,2,4,6-8,10H2,1H3.